The summed E-state index contributed by atoms with van der Waals surface area (Å²) in [7, 11) is 0. The summed E-state index contributed by atoms with van der Waals surface area (Å²) in [5, 5.41) is 4.02. The zero-order valence-corrected chi connectivity index (χ0v) is 13.5. The summed E-state index contributed by atoms with van der Waals surface area (Å²) >= 11 is 0. The van der Waals surface area contributed by atoms with Crippen LogP contribution in [0.2, 0.25) is 0 Å². The zero-order chi connectivity index (χ0) is 16.9. The van der Waals surface area contributed by atoms with E-state index in [1.165, 1.54) is 5.56 Å². The molecule has 122 valence electrons. The first-order chi connectivity index (χ1) is 11.6. The highest BCUT2D eigenvalue weighted by Gasteiger charge is 2.17. The fourth-order valence-electron chi connectivity index (χ4n) is 2.72. The number of nitrogens with two attached hydrogens (primary N) is 1. The molecule has 0 fully saturated rings. The third-order valence-corrected chi connectivity index (χ3v) is 3.93. The summed E-state index contributed by atoms with van der Waals surface area (Å²) in [6, 6.07) is 15.6. The van der Waals surface area contributed by atoms with Crippen molar-refractivity contribution in [2.75, 3.05) is 0 Å². The van der Waals surface area contributed by atoms with Crippen LogP contribution in [0.15, 0.2) is 53.1 Å². The normalized spacial score (nSPS) is 10.7. The molecule has 2 aromatic carbocycles. The molecule has 0 unspecified atom stereocenters. The van der Waals surface area contributed by atoms with Crippen LogP contribution in [-0.4, -0.2) is 16.0 Å². The SMILES string of the molecule is Cc1cccc(C(N)=O)c1-c1noc(CCCc2ccccc2)n1. The molecule has 1 heterocycles. The van der Waals surface area contributed by atoms with Gasteiger partial charge in [0.1, 0.15) is 0 Å². The average Bonchev–Trinajstić information content (AvgIpc) is 3.04. The molecule has 1 amide bonds. The maximum Gasteiger partial charge on any atom is 0.249 e. The molecule has 3 aromatic rings. The number of primary amides is 1. The molecule has 0 saturated carbocycles. The molecule has 1 aromatic heterocycles. The van der Waals surface area contributed by atoms with Crippen LogP contribution < -0.4 is 5.73 Å². The predicted octanol–water partition coefficient (Wildman–Crippen LogP) is 3.32. The van der Waals surface area contributed by atoms with Gasteiger partial charge in [-0.25, -0.2) is 0 Å². The molecule has 0 aliphatic heterocycles. The van der Waals surface area contributed by atoms with E-state index in [1.807, 2.05) is 31.2 Å². The maximum atomic E-state index is 11.6. The summed E-state index contributed by atoms with van der Waals surface area (Å²) in [4.78, 5) is 16.0. The molecular formula is C19H19N3O2. The van der Waals surface area contributed by atoms with Gasteiger partial charge in [-0.05, 0) is 37.0 Å². The molecule has 0 aliphatic rings. The molecular weight excluding hydrogens is 302 g/mol. The van der Waals surface area contributed by atoms with Crippen LogP contribution in [0.1, 0.15) is 33.8 Å². The van der Waals surface area contributed by atoms with Crippen LogP contribution >= 0.6 is 0 Å². The Bertz CT molecular complexity index is 841. The minimum atomic E-state index is -0.496. The van der Waals surface area contributed by atoms with E-state index in [1.54, 1.807) is 12.1 Å². The minimum absolute atomic E-state index is 0.409. The van der Waals surface area contributed by atoms with Crippen LogP contribution in [0, 0.1) is 6.92 Å². The Kier molecular flexibility index (Phi) is 4.70. The van der Waals surface area contributed by atoms with Crippen molar-refractivity contribution in [1.29, 1.82) is 0 Å². The second-order valence-corrected chi connectivity index (χ2v) is 5.71. The first kappa shape index (κ1) is 15.9. The summed E-state index contributed by atoms with van der Waals surface area (Å²) in [6.45, 7) is 1.90. The maximum absolute atomic E-state index is 11.6. The number of nitrogens with zero attached hydrogens (tertiary/aromatic N) is 2. The molecule has 5 heteroatoms. The molecule has 0 spiro atoms. The lowest BCUT2D eigenvalue weighted by molar-refractivity contribution is 0.100. The van der Waals surface area contributed by atoms with Gasteiger partial charge >= 0.3 is 0 Å². The van der Waals surface area contributed by atoms with Gasteiger partial charge in [-0.15, -0.1) is 0 Å². The summed E-state index contributed by atoms with van der Waals surface area (Å²) in [5.74, 6) is 0.486. The van der Waals surface area contributed by atoms with Gasteiger partial charge in [0.05, 0.1) is 5.56 Å². The van der Waals surface area contributed by atoms with Gasteiger partial charge in [0, 0.05) is 12.0 Å². The summed E-state index contributed by atoms with van der Waals surface area (Å²) in [6.07, 6.45) is 2.57. The van der Waals surface area contributed by atoms with Crippen molar-refractivity contribution < 1.29 is 9.32 Å². The molecule has 0 aliphatic carbocycles. The Hall–Kier alpha value is -2.95. The van der Waals surface area contributed by atoms with Crippen molar-refractivity contribution in [2.45, 2.75) is 26.2 Å². The highest BCUT2D eigenvalue weighted by atomic mass is 16.5. The van der Waals surface area contributed by atoms with Crippen LogP contribution in [0.5, 0.6) is 0 Å². The van der Waals surface area contributed by atoms with E-state index in [0.717, 1.165) is 18.4 Å². The quantitative estimate of drug-likeness (QED) is 0.755. The number of carbonyl (C=O) groups is 1. The second kappa shape index (κ2) is 7.08. The fraction of sp³-hybridized carbons (Fsp3) is 0.211. The van der Waals surface area contributed by atoms with E-state index in [4.69, 9.17) is 10.3 Å². The Balaban J connectivity index is 1.73. The van der Waals surface area contributed by atoms with Crippen LogP contribution in [0.4, 0.5) is 0 Å². The van der Waals surface area contributed by atoms with Gasteiger partial charge in [-0.3, -0.25) is 4.79 Å². The minimum Gasteiger partial charge on any atom is -0.366 e. The molecule has 0 saturated heterocycles. The van der Waals surface area contributed by atoms with Crippen molar-refractivity contribution >= 4 is 5.91 Å². The van der Waals surface area contributed by atoms with E-state index in [-0.39, 0.29) is 0 Å². The molecule has 2 N–H and O–H groups in total. The number of carbonyl (C=O) groups excluding carboxylic acids is 1. The van der Waals surface area contributed by atoms with E-state index < -0.39 is 5.91 Å². The average molecular weight is 321 g/mol. The molecule has 5 nitrogen and oxygen atoms in total. The van der Waals surface area contributed by atoms with Crippen molar-refractivity contribution in [3.05, 3.63) is 71.1 Å². The van der Waals surface area contributed by atoms with Crippen molar-refractivity contribution in [3.8, 4) is 11.4 Å². The zero-order valence-electron chi connectivity index (χ0n) is 13.5. The number of aromatic nitrogens is 2. The lowest BCUT2D eigenvalue weighted by atomic mass is 10.0. The molecule has 0 radical (unpaired) electrons. The Labute approximate surface area is 140 Å². The first-order valence-corrected chi connectivity index (χ1v) is 7.91. The summed E-state index contributed by atoms with van der Waals surface area (Å²) in [5.41, 5.74) is 8.67. The van der Waals surface area contributed by atoms with Gasteiger partial charge in [0.15, 0.2) is 0 Å². The molecule has 0 bridgehead atoms. The number of hydrogen-bond acceptors (Lipinski definition) is 4. The van der Waals surface area contributed by atoms with Crippen molar-refractivity contribution in [2.24, 2.45) is 5.73 Å². The topological polar surface area (TPSA) is 82.0 Å². The lowest BCUT2D eigenvalue weighted by Gasteiger charge is -2.05. The number of rotatable bonds is 6. The number of hydrogen-bond donors (Lipinski definition) is 1. The van der Waals surface area contributed by atoms with Gasteiger partial charge < -0.3 is 10.3 Å². The standard InChI is InChI=1S/C19H19N3O2/c1-13-7-5-11-15(18(20)23)17(13)19-21-16(24-22-19)12-6-10-14-8-3-2-4-9-14/h2-5,7-9,11H,6,10,12H2,1H3,(H2,20,23). The first-order valence-electron chi connectivity index (χ1n) is 7.91. The monoisotopic (exact) mass is 321 g/mol. The molecule has 0 atom stereocenters. The van der Waals surface area contributed by atoms with E-state index in [0.29, 0.717) is 29.3 Å². The largest absolute Gasteiger partial charge is 0.366 e. The number of benzene rings is 2. The van der Waals surface area contributed by atoms with Gasteiger partial charge in [-0.1, -0.05) is 47.6 Å². The van der Waals surface area contributed by atoms with Gasteiger partial charge in [0.2, 0.25) is 17.6 Å². The van der Waals surface area contributed by atoms with E-state index in [9.17, 15) is 4.79 Å². The van der Waals surface area contributed by atoms with Gasteiger partial charge in [0.25, 0.3) is 0 Å². The number of aryl methyl sites for hydroxylation is 3. The summed E-state index contributed by atoms with van der Waals surface area (Å²) < 4.78 is 5.33. The Morgan fingerprint density at radius 2 is 1.88 bits per heavy atom. The van der Waals surface area contributed by atoms with Gasteiger partial charge in [-0.2, -0.15) is 4.98 Å². The number of amides is 1. The molecule has 24 heavy (non-hydrogen) atoms. The van der Waals surface area contributed by atoms with E-state index in [2.05, 4.69) is 22.3 Å². The Morgan fingerprint density at radius 3 is 2.62 bits per heavy atom. The lowest BCUT2D eigenvalue weighted by Crippen LogP contribution is -2.13. The smallest absolute Gasteiger partial charge is 0.249 e. The third-order valence-electron chi connectivity index (χ3n) is 3.93. The van der Waals surface area contributed by atoms with Crippen molar-refractivity contribution in [1.82, 2.24) is 10.1 Å². The van der Waals surface area contributed by atoms with Crippen LogP contribution in [0.25, 0.3) is 11.4 Å². The third kappa shape index (κ3) is 3.51. The second-order valence-electron chi connectivity index (χ2n) is 5.71. The highest BCUT2D eigenvalue weighted by molar-refractivity contribution is 5.99. The van der Waals surface area contributed by atoms with E-state index >= 15 is 0 Å². The Morgan fingerprint density at radius 1 is 1.08 bits per heavy atom. The van der Waals surface area contributed by atoms with Crippen molar-refractivity contribution in [3.63, 3.8) is 0 Å². The molecule has 3 rings (SSSR count). The van der Waals surface area contributed by atoms with Crippen LogP contribution in [-0.2, 0) is 12.8 Å². The van der Waals surface area contributed by atoms with Crippen LogP contribution in [0.3, 0.4) is 0 Å². The predicted molar refractivity (Wildman–Crippen MR) is 91.5 cm³/mol. The highest BCUT2D eigenvalue weighted by Crippen LogP contribution is 2.25. The fourth-order valence-corrected chi connectivity index (χ4v) is 2.72.